The molecule has 0 radical (unpaired) electrons. The third-order valence-electron chi connectivity index (χ3n) is 4.78. The number of nitrogens with zero attached hydrogens (tertiary/aromatic N) is 3. The van der Waals surface area contributed by atoms with Gasteiger partial charge in [-0.2, -0.15) is 0 Å². The van der Waals surface area contributed by atoms with Crippen molar-refractivity contribution < 1.29 is 13.9 Å². The van der Waals surface area contributed by atoms with E-state index in [-0.39, 0.29) is 12.1 Å². The van der Waals surface area contributed by atoms with E-state index in [0.29, 0.717) is 5.89 Å². The summed E-state index contributed by atoms with van der Waals surface area (Å²) >= 11 is 1.63. The molecule has 148 valence electrons. The third kappa shape index (κ3) is 5.11. The molecule has 1 aliphatic rings. The Bertz CT molecular complexity index is 756. The number of carbonyl (C=O) groups excluding carboxylic acids is 1. The van der Waals surface area contributed by atoms with Crippen LogP contribution >= 0.6 is 11.3 Å². The lowest BCUT2D eigenvalue weighted by molar-refractivity contribution is 0.0148. The molecular weight excluding hydrogens is 362 g/mol. The van der Waals surface area contributed by atoms with Crippen LogP contribution in [0.5, 0.6) is 0 Å². The molecule has 0 unspecified atom stereocenters. The summed E-state index contributed by atoms with van der Waals surface area (Å²) in [5.74, 6) is 1.59. The van der Waals surface area contributed by atoms with Gasteiger partial charge in [-0.05, 0) is 52.0 Å². The maximum atomic E-state index is 12.3. The number of carbonyl (C=O) groups is 1. The molecule has 1 aliphatic heterocycles. The highest BCUT2D eigenvalue weighted by Crippen LogP contribution is 2.27. The number of hydrogen-bond acceptors (Lipinski definition) is 6. The second-order valence-electron chi connectivity index (χ2n) is 8.10. The van der Waals surface area contributed by atoms with Gasteiger partial charge < -0.3 is 14.1 Å². The normalized spacial score (nSPS) is 16.5. The van der Waals surface area contributed by atoms with Crippen LogP contribution in [0.4, 0.5) is 4.79 Å². The molecule has 0 atom stereocenters. The first-order valence-electron chi connectivity index (χ1n) is 9.41. The lowest BCUT2D eigenvalue weighted by Crippen LogP contribution is -2.46. The van der Waals surface area contributed by atoms with Crippen molar-refractivity contribution in [1.29, 1.82) is 0 Å². The van der Waals surface area contributed by atoms with Crippen LogP contribution in [-0.2, 0) is 11.3 Å². The first-order valence-corrected chi connectivity index (χ1v) is 10.3. The van der Waals surface area contributed by atoms with Gasteiger partial charge in [0.05, 0.1) is 10.6 Å². The minimum absolute atomic E-state index is 0.219. The zero-order valence-electron chi connectivity index (χ0n) is 16.8. The fourth-order valence-corrected chi connectivity index (χ4v) is 3.89. The topological polar surface area (TPSA) is 58.8 Å². The van der Waals surface area contributed by atoms with Gasteiger partial charge in [0.25, 0.3) is 0 Å². The molecule has 2 aromatic heterocycles. The van der Waals surface area contributed by atoms with Crippen LogP contribution in [0.2, 0.25) is 0 Å². The number of aromatic nitrogens is 1. The van der Waals surface area contributed by atoms with Crippen LogP contribution in [0.3, 0.4) is 0 Å². The highest BCUT2D eigenvalue weighted by Gasteiger charge is 2.29. The number of piperidine rings is 1. The van der Waals surface area contributed by atoms with Crippen molar-refractivity contribution in [3.63, 3.8) is 0 Å². The van der Waals surface area contributed by atoms with Crippen LogP contribution < -0.4 is 0 Å². The van der Waals surface area contributed by atoms with Crippen molar-refractivity contribution in [2.24, 2.45) is 0 Å². The Kier molecular flexibility index (Phi) is 5.91. The molecule has 0 aromatic carbocycles. The number of likely N-dealkylation sites (tertiary alicyclic amines) is 1. The first kappa shape index (κ1) is 19.9. The summed E-state index contributed by atoms with van der Waals surface area (Å²) in [7, 11) is 1.84. The van der Waals surface area contributed by atoms with Crippen LogP contribution in [0.15, 0.2) is 21.9 Å². The molecule has 0 saturated carbocycles. The quantitative estimate of drug-likeness (QED) is 0.766. The smallest absolute Gasteiger partial charge is 0.410 e. The SMILES string of the molecule is Cc1oc(-c2cccs2)nc1CN1CCC(N(C)C(=O)OC(C)(C)C)CC1. The Hall–Kier alpha value is -1.86. The van der Waals surface area contributed by atoms with Gasteiger partial charge in [-0.3, -0.25) is 4.90 Å². The van der Waals surface area contributed by atoms with E-state index >= 15 is 0 Å². The number of rotatable bonds is 4. The number of amides is 1. The fraction of sp³-hybridized carbons (Fsp3) is 0.600. The number of ether oxygens (including phenoxy) is 1. The molecule has 0 N–H and O–H groups in total. The maximum absolute atomic E-state index is 12.3. The van der Waals surface area contributed by atoms with Crippen molar-refractivity contribution in [1.82, 2.24) is 14.8 Å². The summed E-state index contributed by atoms with van der Waals surface area (Å²) in [6.07, 6.45) is 1.63. The summed E-state index contributed by atoms with van der Waals surface area (Å²) in [4.78, 5) is 22.1. The zero-order valence-corrected chi connectivity index (χ0v) is 17.6. The number of oxazole rings is 1. The molecule has 3 heterocycles. The van der Waals surface area contributed by atoms with E-state index in [1.54, 1.807) is 16.2 Å². The first-order chi connectivity index (χ1) is 12.7. The van der Waals surface area contributed by atoms with Crippen molar-refractivity contribution >= 4 is 17.4 Å². The largest absolute Gasteiger partial charge is 0.444 e. The molecule has 6 nitrogen and oxygen atoms in total. The van der Waals surface area contributed by atoms with Crippen LogP contribution in [0, 0.1) is 6.92 Å². The van der Waals surface area contributed by atoms with Gasteiger partial charge in [0, 0.05) is 32.7 Å². The van der Waals surface area contributed by atoms with Crippen LogP contribution in [-0.4, -0.2) is 52.7 Å². The van der Waals surface area contributed by atoms with E-state index in [1.165, 1.54) is 0 Å². The van der Waals surface area contributed by atoms with Gasteiger partial charge in [-0.15, -0.1) is 11.3 Å². The Morgan fingerprint density at radius 1 is 1.41 bits per heavy atom. The Morgan fingerprint density at radius 2 is 2.11 bits per heavy atom. The molecule has 2 aromatic rings. The van der Waals surface area contributed by atoms with Crippen molar-refractivity contribution in [2.75, 3.05) is 20.1 Å². The summed E-state index contributed by atoms with van der Waals surface area (Å²) in [5, 5.41) is 2.03. The van der Waals surface area contributed by atoms with Crippen molar-refractivity contribution in [2.45, 2.75) is 58.7 Å². The Labute approximate surface area is 165 Å². The minimum Gasteiger partial charge on any atom is -0.444 e. The molecule has 1 fully saturated rings. The summed E-state index contributed by atoms with van der Waals surface area (Å²) in [6, 6.07) is 4.25. The summed E-state index contributed by atoms with van der Waals surface area (Å²) in [6.45, 7) is 10.3. The maximum Gasteiger partial charge on any atom is 0.410 e. The average molecular weight is 392 g/mol. The summed E-state index contributed by atoms with van der Waals surface area (Å²) in [5.41, 5.74) is 0.536. The van der Waals surface area contributed by atoms with E-state index in [0.717, 1.165) is 48.8 Å². The van der Waals surface area contributed by atoms with E-state index in [2.05, 4.69) is 9.88 Å². The highest BCUT2D eigenvalue weighted by atomic mass is 32.1. The van der Waals surface area contributed by atoms with Crippen LogP contribution in [0.1, 0.15) is 45.1 Å². The summed E-state index contributed by atoms with van der Waals surface area (Å²) < 4.78 is 11.3. The molecule has 0 bridgehead atoms. The number of hydrogen-bond donors (Lipinski definition) is 0. The second kappa shape index (κ2) is 8.02. The molecule has 1 saturated heterocycles. The van der Waals surface area contributed by atoms with E-state index in [1.807, 2.05) is 52.3 Å². The molecule has 1 amide bonds. The standard InChI is InChI=1S/C20H29N3O3S/c1-14-16(21-18(25-14)17-7-6-12-27-17)13-23-10-8-15(9-11-23)22(5)19(24)26-20(2,3)4/h6-7,12,15H,8-11,13H2,1-5H3. The third-order valence-corrected chi connectivity index (χ3v) is 5.64. The highest BCUT2D eigenvalue weighted by molar-refractivity contribution is 7.13. The van der Waals surface area contributed by atoms with E-state index < -0.39 is 5.60 Å². The van der Waals surface area contributed by atoms with Gasteiger partial charge in [-0.25, -0.2) is 9.78 Å². The number of thiophene rings is 1. The predicted octanol–water partition coefficient (Wildman–Crippen LogP) is 4.54. The molecule has 0 spiro atoms. The second-order valence-corrected chi connectivity index (χ2v) is 9.05. The van der Waals surface area contributed by atoms with Gasteiger partial charge in [0.1, 0.15) is 11.4 Å². The number of aryl methyl sites for hydroxylation is 1. The Morgan fingerprint density at radius 3 is 2.70 bits per heavy atom. The minimum atomic E-state index is -0.462. The van der Waals surface area contributed by atoms with Gasteiger partial charge >= 0.3 is 6.09 Å². The van der Waals surface area contributed by atoms with Crippen molar-refractivity contribution in [3.8, 4) is 10.8 Å². The van der Waals surface area contributed by atoms with E-state index in [4.69, 9.17) is 9.15 Å². The zero-order chi connectivity index (χ0) is 19.6. The molecule has 3 rings (SSSR count). The molecular formula is C20H29N3O3S. The lowest BCUT2D eigenvalue weighted by Gasteiger charge is -2.37. The molecule has 7 heteroatoms. The average Bonchev–Trinajstić information content (AvgIpc) is 3.24. The van der Waals surface area contributed by atoms with Gasteiger partial charge in [-0.1, -0.05) is 6.07 Å². The fourth-order valence-electron chi connectivity index (χ4n) is 3.24. The predicted molar refractivity (Wildman–Crippen MR) is 107 cm³/mol. The Balaban J connectivity index is 1.53. The van der Waals surface area contributed by atoms with E-state index in [9.17, 15) is 4.79 Å². The van der Waals surface area contributed by atoms with Crippen LogP contribution in [0.25, 0.3) is 10.8 Å². The monoisotopic (exact) mass is 391 g/mol. The van der Waals surface area contributed by atoms with Gasteiger partial charge in [0.2, 0.25) is 5.89 Å². The molecule has 0 aliphatic carbocycles. The molecule has 27 heavy (non-hydrogen) atoms. The van der Waals surface area contributed by atoms with Crippen molar-refractivity contribution in [3.05, 3.63) is 29.0 Å². The lowest BCUT2D eigenvalue weighted by atomic mass is 10.0. The van der Waals surface area contributed by atoms with Gasteiger partial charge in [0.15, 0.2) is 0 Å².